The summed E-state index contributed by atoms with van der Waals surface area (Å²) in [4.78, 5) is 12.3. The Bertz CT molecular complexity index is 707. The first-order valence-corrected chi connectivity index (χ1v) is 7.47. The molecule has 124 valence electrons. The summed E-state index contributed by atoms with van der Waals surface area (Å²) in [5.74, 6) is 1.30. The molecular formula is C17H23N3O3. The zero-order valence-electron chi connectivity index (χ0n) is 14.3. The Morgan fingerprint density at radius 3 is 2.48 bits per heavy atom. The zero-order valence-corrected chi connectivity index (χ0v) is 14.3. The Kier molecular flexibility index (Phi) is 5.26. The highest BCUT2D eigenvalue weighted by atomic mass is 16.5. The fraction of sp³-hybridized carbons (Fsp3) is 0.412. The fourth-order valence-corrected chi connectivity index (χ4v) is 2.55. The average Bonchev–Trinajstić information content (AvgIpc) is 2.79. The van der Waals surface area contributed by atoms with Gasteiger partial charge >= 0.3 is 0 Å². The SMILES string of the molecule is COc1ccc(CCNC(=O)c2c(C)nn(C)c2C)cc1OC. The molecule has 1 heterocycles. The monoisotopic (exact) mass is 317 g/mol. The lowest BCUT2D eigenvalue weighted by Crippen LogP contribution is -2.26. The van der Waals surface area contributed by atoms with E-state index in [0.717, 1.165) is 17.0 Å². The minimum atomic E-state index is -0.0893. The van der Waals surface area contributed by atoms with Crippen LogP contribution in [0, 0.1) is 13.8 Å². The van der Waals surface area contributed by atoms with Gasteiger partial charge in [0, 0.05) is 19.3 Å². The van der Waals surface area contributed by atoms with E-state index in [2.05, 4.69) is 10.4 Å². The van der Waals surface area contributed by atoms with E-state index < -0.39 is 0 Å². The van der Waals surface area contributed by atoms with E-state index in [1.807, 2.05) is 39.1 Å². The van der Waals surface area contributed by atoms with E-state index in [4.69, 9.17) is 9.47 Å². The van der Waals surface area contributed by atoms with E-state index in [1.165, 1.54) is 0 Å². The molecule has 1 aromatic heterocycles. The number of hydrogen-bond donors (Lipinski definition) is 1. The number of aryl methyl sites for hydroxylation is 2. The molecule has 1 amide bonds. The van der Waals surface area contributed by atoms with Crippen molar-refractivity contribution in [3.63, 3.8) is 0 Å². The Balaban J connectivity index is 1.98. The lowest BCUT2D eigenvalue weighted by Gasteiger charge is -2.10. The number of ether oxygens (including phenoxy) is 2. The molecule has 23 heavy (non-hydrogen) atoms. The van der Waals surface area contributed by atoms with Crippen molar-refractivity contribution in [2.24, 2.45) is 7.05 Å². The molecule has 0 unspecified atom stereocenters. The molecule has 2 rings (SSSR count). The summed E-state index contributed by atoms with van der Waals surface area (Å²) in [6, 6.07) is 5.76. The number of carbonyl (C=O) groups is 1. The first-order chi connectivity index (χ1) is 11.0. The summed E-state index contributed by atoms with van der Waals surface area (Å²) >= 11 is 0. The van der Waals surface area contributed by atoms with Crippen molar-refractivity contribution < 1.29 is 14.3 Å². The van der Waals surface area contributed by atoms with Crippen molar-refractivity contribution in [1.82, 2.24) is 15.1 Å². The second-order valence-electron chi connectivity index (χ2n) is 5.36. The van der Waals surface area contributed by atoms with Crippen LogP contribution in [-0.4, -0.2) is 36.5 Å². The van der Waals surface area contributed by atoms with Gasteiger partial charge in [0.05, 0.1) is 25.5 Å². The molecule has 0 radical (unpaired) electrons. The predicted octanol–water partition coefficient (Wildman–Crippen LogP) is 2.03. The molecule has 0 aliphatic carbocycles. The van der Waals surface area contributed by atoms with Crippen molar-refractivity contribution in [3.05, 3.63) is 40.7 Å². The van der Waals surface area contributed by atoms with Crippen molar-refractivity contribution in [3.8, 4) is 11.5 Å². The van der Waals surface area contributed by atoms with E-state index in [9.17, 15) is 4.79 Å². The third kappa shape index (κ3) is 3.64. The number of methoxy groups -OCH3 is 2. The molecule has 0 aliphatic heterocycles. The average molecular weight is 317 g/mol. The molecule has 6 nitrogen and oxygen atoms in total. The summed E-state index contributed by atoms with van der Waals surface area (Å²) in [6.07, 6.45) is 0.713. The van der Waals surface area contributed by atoms with Crippen molar-refractivity contribution in [1.29, 1.82) is 0 Å². The number of rotatable bonds is 6. The van der Waals surface area contributed by atoms with Gasteiger partial charge in [-0.05, 0) is 38.0 Å². The Labute approximate surface area is 136 Å². The van der Waals surface area contributed by atoms with Gasteiger partial charge < -0.3 is 14.8 Å². The highest BCUT2D eigenvalue weighted by Crippen LogP contribution is 2.27. The van der Waals surface area contributed by atoms with Gasteiger partial charge in [0.25, 0.3) is 5.91 Å². The quantitative estimate of drug-likeness (QED) is 0.885. The first-order valence-electron chi connectivity index (χ1n) is 7.47. The molecule has 1 aromatic carbocycles. The van der Waals surface area contributed by atoms with Crippen LogP contribution in [0.4, 0.5) is 0 Å². The van der Waals surface area contributed by atoms with Gasteiger partial charge in [-0.2, -0.15) is 5.10 Å². The maximum atomic E-state index is 12.3. The second kappa shape index (κ2) is 7.17. The Hall–Kier alpha value is -2.50. The normalized spacial score (nSPS) is 10.5. The third-order valence-electron chi connectivity index (χ3n) is 3.88. The van der Waals surface area contributed by atoms with Crippen LogP contribution in [0.2, 0.25) is 0 Å². The molecule has 2 aromatic rings. The molecular weight excluding hydrogens is 294 g/mol. The van der Waals surface area contributed by atoms with Crippen molar-refractivity contribution in [2.75, 3.05) is 20.8 Å². The molecule has 0 spiro atoms. The van der Waals surface area contributed by atoms with Crippen LogP contribution in [0.1, 0.15) is 27.3 Å². The van der Waals surface area contributed by atoms with Gasteiger partial charge in [0.15, 0.2) is 11.5 Å². The summed E-state index contributed by atoms with van der Waals surface area (Å²) in [6.45, 7) is 4.28. The van der Waals surface area contributed by atoms with E-state index in [-0.39, 0.29) is 5.91 Å². The van der Waals surface area contributed by atoms with Gasteiger partial charge in [-0.15, -0.1) is 0 Å². The van der Waals surface area contributed by atoms with Gasteiger partial charge in [-0.25, -0.2) is 0 Å². The van der Waals surface area contributed by atoms with Crippen molar-refractivity contribution >= 4 is 5.91 Å². The fourth-order valence-electron chi connectivity index (χ4n) is 2.55. The van der Waals surface area contributed by atoms with Gasteiger partial charge in [-0.3, -0.25) is 9.48 Å². The topological polar surface area (TPSA) is 65.4 Å². The number of benzene rings is 1. The van der Waals surface area contributed by atoms with Crippen LogP contribution in [0.15, 0.2) is 18.2 Å². The predicted molar refractivity (Wildman–Crippen MR) is 88.3 cm³/mol. The number of nitrogens with zero attached hydrogens (tertiary/aromatic N) is 2. The second-order valence-corrected chi connectivity index (χ2v) is 5.36. The number of hydrogen-bond acceptors (Lipinski definition) is 4. The third-order valence-corrected chi connectivity index (χ3v) is 3.88. The highest BCUT2D eigenvalue weighted by Gasteiger charge is 2.16. The van der Waals surface area contributed by atoms with E-state index in [1.54, 1.807) is 18.9 Å². The van der Waals surface area contributed by atoms with Crippen LogP contribution < -0.4 is 14.8 Å². The lowest BCUT2D eigenvalue weighted by molar-refractivity contribution is 0.0953. The van der Waals surface area contributed by atoms with Gasteiger partial charge in [-0.1, -0.05) is 6.07 Å². The number of nitrogens with one attached hydrogen (secondary N) is 1. The maximum Gasteiger partial charge on any atom is 0.255 e. The standard InChI is InChI=1S/C17H23N3O3/c1-11-16(12(2)20(3)19-11)17(21)18-9-8-13-6-7-14(22-4)15(10-13)23-5/h6-7,10H,8-9H2,1-5H3,(H,18,21). The maximum absolute atomic E-state index is 12.3. The summed E-state index contributed by atoms with van der Waals surface area (Å²) in [7, 11) is 5.05. The van der Waals surface area contributed by atoms with Gasteiger partial charge in [0.1, 0.15) is 0 Å². The minimum Gasteiger partial charge on any atom is -0.493 e. The van der Waals surface area contributed by atoms with E-state index >= 15 is 0 Å². The molecule has 6 heteroatoms. The molecule has 0 aliphatic rings. The molecule has 0 bridgehead atoms. The molecule has 0 saturated carbocycles. The van der Waals surface area contributed by atoms with E-state index in [0.29, 0.717) is 30.0 Å². The number of aromatic nitrogens is 2. The molecule has 1 N–H and O–H groups in total. The Morgan fingerprint density at radius 1 is 1.22 bits per heavy atom. The zero-order chi connectivity index (χ0) is 17.0. The summed E-state index contributed by atoms with van der Waals surface area (Å²) < 4.78 is 12.2. The summed E-state index contributed by atoms with van der Waals surface area (Å²) in [5.41, 5.74) is 3.34. The highest BCUT2D eigenvalue weighted by molar-refractivity contribution is 5.96. The molecule has 0 fully saturated rings. The number of carbonyl (C=O) groups excluding carboxylic acids is 1. The minimum absolute atomic E-state index is 0.0893. The summed E-state index contributed by atoms with van der Waals surface area (Å²) in [5, 5.41) is 7.21. The Morgan fingerprint density at radius 2 is 1.91 bits per heavy atom. The number of amides is 1. The van der Waals surface area contributed by atoms with Crippen LogP contribution in [0.5, 0.6) is 11.5 Å². The van der Waals surface area contributed by atoms with Crippen LogP contribution in [0.25, 0.3) is 0 Å². The smallest absolute Gasteiger partial charge is 0.255 e. The van der Waals surface area contributed by atoms with Gasteiger partial charge in [0.2, 0.25) is 0 Å². The van der Waals surface area contributed by atoms with Crippen LogP contribution in [-0.2, 0) is 13.5 Å². The molecule has 0 atom stereocenters. The lowest BCUT2D eigenvalue weighted by atomic mass is 10.1. The van der Waals surface area contributed by atoms with Crippen LogP contribution >= 0.6 is 0 Å². The first kappa shape index (κ1) is 16.9. The van der Waals surface area contributed by atoms with Crippen molar-refractivity contribution in [2.45, 2.75) is 20.3 Å². The largest absolute Gasteiger partial charge is 0.493 e. The molecule has 0 saturated heterocycles. The van der Waals surface area contributed by atoms with Crippen LogP contribution in [0.3, 0.4) is 0 Å².